The quantitative estimate of drug-likeness (QED) is 0.510. The molecule has 0 unspecified atom stereocenters. The number of allylic oxidation sites excluding steroid dienone is 2. The molecule has 4 aliphatic carbocycles. The predicted octanol–water partition coefficient (Wildman–Crippen LogP) is 1.53. The minimum Gasteiger partial charge on any atom is -0.390 e. The number of rotatable bonds is 0. The van der Waals surface area contributed by atoms with Crippen LogP contribution < -0.4 is 0 Å². The van der Waals surface area contributed by atoms with E-state index in [2.05, 4.69) is 19.9 Å². The molecule has 0 spiro atoms. The van der Waals surface area contributed by atoms with E-state index in [1.54, 1.807) is 0 Å². The van der Waals surface area contributed by atoms with Gasteiger partial charge in [0, 0.05) is 10.8 Å². The van der Waals surface area contributed by atoms with Crippen molar-refractivity contribution in [2.75, 3.05) is 0 Å². The van der Waals surface area contributed by atoms with Gasteiger partial charge in [0.1, 0.15) is 0 Å². The van der Waals surface area contributed by atoms with Gasteiger partial charge in [-0.15, -0.1) is 0 Å². The zero-order valence-electron chi connectivity index (χ0n) is 13.9. The van der Waals surface area contributed by atoms with Gasteiger partial charge in [-0.05, 0) is 49.5 Å². The summed E-state index contributed by atoms with van der Waals surface area (Å²) in [4.78, 5) is 0. The lowest BCUT2D eigenvalue weighted by molar-refractivity contribution is -0.0321. The van der Waals surface area contributed by atoms with E-state index in [-0.39, 0.29) is 22.7 Å². The fraction of sp³-hybridized carbons (Fsp3) is 0.789. The molecular formula is C19H28O4. The molecule has 0 bridgehead atoms. The third-order valence-electron chi connectivity index (χ3n) is 7.51. The van der Waals surface area contributed by atoms with Gasteiger partial charge in [-0.1, -0.05) is 31.6 Å². The van der Waals surface area contributed by atoms with E-state index in [4.69, 9.17) is 0 Å². The SMILES string of the molecule is C[C@]12CCC3=C([C@@H](O)C[C@H]4C[C@@H](O)C=C[C@]34C)[C@@H]1C[C@@H](O)[C@@H]2O. The smallest absolute Gasteiger partial charge is 0.0858 e. The Hall–Kier alpha value is -0.680. The molecule has 1 saturated carbocycles. The van der Waals surface area contributed by atoms with E-state index < -0.39 is 24.4 Å². The van der Waals surface area contributed by atoms with Crippen LogP contribution in [0.5, 0.6) is 0 Å². The third-order valence-corrected chi connectivity index (χ3v) is 7.51. The highest BCUT2D eigenvalue weighted by Crippen LogP contribution is 2.62. The summed E-state index contributed by atoms with van der Waals surface area (Å²) in [6, 6.07) is 0. The Kier molecular flexibility index (Phi) is 3.38. The molecule has 0 heterocycles. The van der Waals surface area contributed by atoms with Gasteiger partial charge in [0.2, 0.25) is 0 Å². The van der Waals surface area contributed by atoms with Gasteiger partial charge < -0.3 is 20.4 Å². The molecule has 1 fully saturated rings. The second kappa shape index (κ2) is 4.92. The van der Waals surface area contributed by atoms with E-state index in [0.717, 1.165) is 18.4 Å². The molecule has 0 amide bonds. The molecule has 4 aliphatic rings. The highest BCUT2D eigenvalue weighted by molar-refractivity contribution is 5.41. The van der Waals surface area contributed by atoms with Crippen molar-refractivity contribution in [1.82, 2.24) is 0 Å². The average Bonchev–Trinajstić information content (AvgIpc) is 2.73. The molecule has 0 saturated heterocycles. The van der Waals surface area contributed by atoms with Crippen molar-refractivity contribution in [2.24, 2.45) is 22.7 Å². The van der Waals surface area contributed by atoms with Crippen LogP contribution in [0.4, 0.5) is 0 Å². The summed E-state index contributed by atoms with van der Waals surface area (Å²) in [6.07, 6.45) is 5.32. The first kappa shape index (κ1) is 15.8. The van der Waals surface area contributed by atoms with Crippen LogP contribution in [0, 0.1) is 22.7 Å². The lowest BCUT2D eigenvalue weighted by Gasteiger charge is -2.53. The summed E-state index contributed by atoms with van der Waals surface area (Å²) in [7, 11) is 0. The molecule has 128 valence electrons. The second-order valence-corrected chi connectivity index (χ2v) is 8.63. The first-order valence-corrected chi connectivity index (χ1v) is 8.92. The Morgan fingerprint density at radius 3 is 2.52 bits per heavy atom. The van der Waals surface area contributed by atoms with E-state index in [0.29, 0.717) is 19.3 Å². The highest BCUT2D eigenvalue weighted by Gasteiger charge is 2.58. The maximum atomic E-state index is 10.9. The van der Waals surface area contributed by atoms with Crippen molar-refractivity contribution in [3.8, 4) is 0 Å². The Morgan fingerprint density at radius 2 is 1.78 bits per heavy atom. The average molecular weight is 320 g/mol. The van der Waals surface area contributed by atoms with Crippen molar-refractivity contribution in [1.29, 1.82) is 0 Å². The fourth-order valence-corrected chi connectivity index (χ4v) is 6.00. The van der Waals surface area contributed by atoms with Gasteiger partial charge in [0.15, 0.2) is 0 Å². The molecular weight excluding hydrogens is 292 g/mol. The molecule has 0 radical (unpaired) electrons. The number of hydrogen-bond donors (Lipinski definition) is 4. The molecule has 4 nitrogen and oxygen atoms in total. The third kappa shape index (κ3) is 1.98. The van der Waals surface area contributed by atoms with Crippen LogP contribution in [0.3, 0.4) is 0 Å². The largest absolute Gasteiger partial charge is 0.390 e. The summed E-state index contributed by atoms with van der Waals surface area (Å²) in [6.45, 7) is 4.29. The number of fused-ring (bicyclic) bond motifs is 4. The first-order chi connectivity index (χ1) is 10.8. The molecule has 23 heavy (non-hydrogen) atoms. The molecule has 4 N–H and O–H groups in total. The van der Waals surface area contributed by atoms with Gasteiger partial charge in [0.05, 0.1) is 24.4 Å². The first-order valence-electron chi connectivity index (χ1n) is 8.92. The van der Waals surface area contributed by atoms with E-state index in [1.807, 2.05) is 6.08 Å². The topological polar surface area (TPSA) is 80.9 Å². The Balaban J connectivity index is 1.83. The Bertz CT molecular complexity index is 582. The lowest BCUT2D eigenvalue weighted by Crippen LogP contribution is -2.48. The van der Waals surface area contributed by atoms with Crippen LogP contribution in [0.1, 0.15) is 46.0 Å². The van der Waals surface area contributed by atoms with Crippen molar-refractivity contribution in [2.45, 2.75) is 70.4 Å². The molecule has 4 rings (SSSR count). The Morgan fingerprint density at radius 1 is 1.04 bits per heavy atom. The monoisotopic (exact) mass is 320 g/mol. The van der Waals surface area contributed by atoms with Crippen molar-refractivity contribution >= 4 is 0 Å². The lowest BCUT2D eigenvalue weighted by atomic mass is 9.52. The number of aliphatic hydroxyl groups is 4. The van der Waals surface area contributed by atoms with Gasteiger partial charge >= 0.3 is 0 Å². The van der Waals surface area contributed by atoms with Crippen LogP contribution in [0.25, 0.3) is 0 Å². The van der Waals surface area contributed by atoms with E-state index >= 15 is 0 Å². The van der Waals surface area contributed by atoms with Crippen LogP contribution >= 0.6 is 0 Å². The van der Waals surface area contributed by atoms with Crippen molar-refractivity contribution in [3.63, 3.8) is 0 Å². The molecule has 8 atom stereocenters. The summed E-state index contributed by atoms with van der Waals surface area (Å²) < 4.78 is 0. The molecule has 0 aromatic rings. The summed E-state index contributed by atoms with van der Waals surface area (Å²) in [5.41, 5.74) is 1.94. The van der Waals surface area contributed by atoms with Gasteiger partial charge in [-0.25, -0.2) is 0 Å². The zero-order valence-corrected chi connectivity index (χ0v) is 13.9. The van der Waals surface area contributed by atoms with Crippen molar-refractivity contribution < 1.29 is 20.4 Å². The highest BCUT2D eigenvalue weighted by atomic mass is 16.3. The fourth-order valence-electron chi connectivity index (χ4n) is 6.00. The second-order valence-electron chi connectivity index (χ2n) is 8.63. The van der Waals surface area contributed by atoms with Crippen LogP contribution in [0.2, 0.25) is 0 Å². The number of hydrogen-bond acceptors (Lipinski definition) is 4. The summed E-state index contributed by atoms with van der Waals surface area (Å²) in [5.74, 6) is 0.320. The summed E-state index contributed by atoms with van der Waals surface area (Å²) in [5, 5.41) is 41.5. The zero-order chi connectivity index (χ0) is 16.6. The van der Waals surface area contributed by atoms with Crippen LogP contribution in [-0.4, -0.2) is 44.8 Å². The maximum absolute atomic E-state index is 10.9. The van der Waals surface area contributed by atoms with Gasteiger partial charge in [0.25, 0.3) is 0 Å². The summed E-state index contributed by atoms with van der Waals surface area (Å²) >= 11 is 0. The van der Waals surface area contributed by atoms with Crippen molar-refractivity contribution in [3.05, 3.63) is 23.3 Å². The minimum atomic E-state index is -0.706. The molecule has 0 aliphatic heterocycles. The van der Waals surface area contributed by atoms with Gasteiger partial charge in [-0.3, -0.25) is 0 Å². The molecule has 0 aromatic heterocycles. The normalized spacial score (nSPS) is 55.4. The van der Waals surface area contributed by atoms with E-state index in [9.17, 15) is 20.4 Å². The molecule has 0 aromatic carbocycles. The van der Waals surface area contributed by atoms with Crippen LogP contribution in [0.15, 0.2) is 23.3 Å². The van der Waals surface area contributed by atoms with E-state index in [1.165, 1.54) is 5.57 Å². The van der Waals surface area contributed by atoms with Gasteiger partial charge in [-0.2, -0.15) is 0 Å². The maximum Gasteiger partial charge on any atom is 0.0858 e. The molecule has 4 heteroatoms. The van der Waals surface area contributed by atoms with Crippen LogP contribution in [-0.2, 0) is 0 Å². The standard InChI is InChI=1S/C19H28O4/c1-18-5-3-11(20)7-10(18)8-14(21)16-12(18)4-6-19(2)13(16)9-15(22)17(19)23/h3,5,10-11,13-15,17,20-23H,4,6-9H2,1-2H3/t10-,11+,13+,14+,15-,17+,18+,19+/m1/s1. The minimum absolute atomic E-state index is 0.0595. The predicted molar refractivity (Wildman–Crippen MR) is 86.5 cm³/mol. The number of aliphatic hydroxyl groups excluding tert-OH is 4. The Labute approximate surface area is 137 Å².